The Hall–Kier alpha value is -2.05. The number of carbonyl (C=O) groups excluding carboxylic acids is 1. The summed E-state index contributed by atoms with van der Waals surface area (Å²) in [6.45, 7) is -1.19. The summed E-state index contributed by atoms with van der Waals surface area (Å²) >= 11 is 0. The van der Waals surface area contributed by atoms with Gasteiger partial charge in [-0.1, -0.05) is 6.07 Å². The number of alkyl halides is 3. The average molecular weight is 258 g/mol. The van der Waals surface area contributed by atoms with E-state index in [-0.39, 0.29) is 11.1 Å². The van der Waals surface area contributed by atoms with Crippen molar-refractivity contribution in [1.82, 2.24) is 9.78 Å². The number of hydrogen-bond acceptors (Lipinski definition) is 3. The third-order valence-electron chi connectivity index (χ3n) is 2.39. The molecule has 96 valence electrons. The van der Waals surface area contributed by atoms with Crippen molar-refractivity contribution in [2.24, 2.45) is 0 Å². The van der Waals surface area contributed by atoms with Crippen molar-refractivity contribution in [2.45, 2.75) is 12.7 Å². The van der Waals surface area contributed by atoms with Gasteiger partial charge in [-0.25, -0.2) is 4.79 Å². The molecule has 0 unspecified atom stereocenters. The Bertz CT molecular complexity index is 589. The first kappa shape index (κ1) is 12.4. The van der Waals surface area contributed by atoms with Gasteiger partial charge in [0.15, 0.2) is 0 Å². The van der Waals surface area contributed by atoms with Crippen molar-refractivity contribution in [3.8, 4) is 0 Å². The molecule has 1 heterocycles. The highest BCUT2D eigenvalue weighted by Crippen LogP contribution is 2.22. The molecule has 0 bridgehead atoms. The van der Waals surface area contributed by atoms with E-state index in [0.29, 0.717) is 5.39 Å². The minimum atomic E-state index is -4.36. The van der Waals surface area contributed by atoms with Crippen LogP contribution >= 0.6 is 0 Å². The van der Waals surface area contributed by atoms with E-state index in [9.17, 15) is 18.0 Å². The van der Waals surface area contributed by atoms with Gasteiger partial charge >= 0.3 is 12.1 Å². The molecule has 1 aromatic heterocycles. The van der Waals surface area contributed by atoms with Gasteiger partial charge in [-0.05, 0) is 12.1 Å². The van der Waals surface area contributed by atoms with E-state index in [1.54, 1.807) is 0 Å². The highest BCUT2D eigenvalue weighted by atomic mass is 19.4. The van der Waals surface area contributed by atoms with Gasteiger partial charge in [-0.2, -0.15) is 18.3 Å². The number of fused-ring (bicyclic) bond motifs is 1. The van der Waals surface area contributed by atoms with Gasteiger partial charge in [-0.15, -0.1) is 0 Å². The third kappa shape index (κ3) is 2.44. The Kier molecular flexibility index (Phi) is 2.98. The molecule has 0 atom stereocenters. The molecule has 0 aliphatic carbocycles. The number of ether oxygens (including phenoxy) is 1. The normalized spacial score (nSPS) is 11.8. The van der Waals surface area contributed by atoms with Crippen LogP contribution in [0.25, 0.3) is 10.9 Å². The van der Waals surface area contributed by atoms with E-state index in [1.807, 2.05) is 0 Å². The molecule has 4 nitrogen and oxygen atoms in total. The van der Waals surface area contributed by atoms with Crippen molar-refractivity contribution < 1.29 is 22.7 Å². The number of nitrogens with zero attached hydrogens (tertiary/aromatic N) is 2. The lowest BCUT2D eigenvalue weighted by Gasteiger charge is -2.07. The van der Waals surface area contributed by atoms with Gasteiger partial charge in [0.05, 0.1) is 24.4 Å². The molecule has 0 fully saturated rings. The second kappa shape index (κ2) is 4.32. The summed E-state index contributed by atoms with van der Waals surface area (Å²) in [6, 6.07) is 4.34. The number of benzene rings is 1. The molecule has 0 N–H and O–H groups in total. The number of aromatic nitrogens is 2. The zero-order valence-corrected chi connectivity index (χ0v) is 9.36. The molecule has 0 spiro atoms. The molecule has 18 heavy (non-hydrogen) atoms. The summed E-state index contributed by atoms with van der Waals surface area (Å²) in [7, 11) is 1.21. The second-order valence-electron chi connectivity index (χ2n) is 3.68. The van der Waals surface area contributed by atoms with E-state index in [0.717, 1.165) is 4.68 Å². The highest BCUT2D eigenvalue weighted by Gasteiger charge is 2.29. The van der Waals surface area contributed by atoms with Crippen LogP contribution in [0.1, 0.15) is 10.4 Å². The van der Waals surface area contributed by atoms with Crippen molar-refractivity contribution in [1.29, 1.82) is 0 Å². The van der Waals surface area contributed by atoms with Crippen LogP contribution in [0.3, 0.4) is 0 Å². The number of halogens is 3. The van der Waals surface area contributed by atoms with Crippen LogP contribution in [-0.2, 0) is 11.3 Å². The smallest absolute Gasteiger partial charge is 0.408 e. The minimum Gasteiger partial charge on any atom is -0.465 e. The SMILES string of the molecule is COC(=O)c1ccc2cnn(CC(F)(F)F)c2c1. The Morgan fingerprint density at radius 2 is 2.17 bits per heavy atom. The Balaban J connectivity index is 2.46. The third-order valence-corrected chi connectivity index (χ3v) is 2.39. The average Bonchev–Trinajstić information content (AvgIpc) is 2.68. The van der Waals surface area contributed by atoms with Gasteiger partial charge in [0.2, 0.25) is 0 Å². The largest absolute Gasteiger partial charge is 0.465 e. The fourth-order valence-corrected chi connectivity index (χ4v) is 1.61. The zero-order chi connectivity index (χ0) is 13.3. The molecule has 7 heteroatoms. The molecule has 2 rings (SSSR count). The molecule has 0 saturated heterocycles. The van der Waals surface area contributed by atoms with Crippen LogP contribution in [0, 0.1) is 0 Å². The van der Waals surface area contributed by atoms with E-state index in [4.69, 9.17) is 0 Å². The molecule has 2 aromatic rings. The topological polar surface area (TPSA) is 44.1 Å². The predicted octanol–water partition coefficient (Wildman–Crippen LogP) is 2.39. The molecular weight excluding hydrogens is 249 g/mol. The second-order valence-corrected chi connectivity index (χ2v) is 3.68. The lowest BCUT2D eigenvalue weighted by atomic mass is 10.1. The van der Waals surface area contributed by atoms with Crippen molar-refractivity contribution in [3.63, 3.8) is 0 Å². The monoisotopic (exact) mass is 258 g/mol. The van der Waals surface area contributed by atoms with Crippen LogP contribution in [0.4, 0.5) is 13.2 Å². The summed E-state index contributed by atoms with van der Waals surface area (Å²) in [5.74, 6) is -0.600. The van der Waals surface area contributed by atoms with Crippen molar-refractivity contribution in [2.75, 3.05) is 7.11 Å². The first-order valence-corrected chi connectivity index (χ1v) is 5.01. The summed E-state index contributed by atoms with van der Waals surface area (Å²) in [5, 5.41) is 4.19. The lowest BCUT2D eigenvalue weighted by Crippen LogP contribution is -2.18. The molecule has 0 amide bonds. The first-order valence-electron chi connectivity index (χ1n) is 5.01. The number of hydrogen-bond donors (Lipinski definition) is 0. The van der Waals surface area contributed by atoms with E-state index < -0.39 is 18.7 Å². The van der Waals surface area contributed by atoms with Gasteiger partial charge in [0, 0.05) is 5.39 Å². The fraction of sp³-hybridized carbons (Fsp3) is 0.273. The summed E-state index contributed by atoms with van der Waals surface area (Å²) in [5.41, 5.74) is 0.434. The summed E-state index contributed by atoms with van der Waals surface area (Å²) in [4.78, 5) is 11.3. The van der Waals surface area contributed by atoms with Crippen molar-refractivity contribution >= 4 is 16.9 Å². The maximum atomic E-state index is 12.3. The quantitative estimate of drug-likeness (QED) is 0.777. The number of esters is 1. The Labute approximate surface area is 100.0 Å². The first-order chi connectivity index (χ1) is 8.40. The number of methoxy groups -OCH3 is 1. The molecule has 1 aromatic carbocycles. The molecule has 0 aliphatic rings. The van der Waals surface area contributed by atoms with Gasteiger partial charge in [0.1, 0.15) is 6.54 Å². The van der Waals surface area contributed by atoms with Crippen LogP contribution in [0.5, 0.6) is 0 Å². The van der Waals surface area contributed by atoms with E-state index >= 15 is 0 Å². The van der Waals surface area contributed by atoms with E-state index in [2.05, 4.69) is 9.84 Å². The van der Waals surface area contributed by atoms with Gasteiger partial charge in [0.25, 0.3) is 0 Å². The standard InChI is InChI=1S/C11H9F3N2O2/c1-18-10(17)7-2-3-8-5-15-16(9(8)4-7)6-11(12,13)14/h2-5H,6H2,1H3. The summed E-state index contributed by atoms with van der Waals surface area (Å²) in [6.07, 6.45) is -3.04. The van der Waals surface area contributed by atoms with Gasteiger partial charge in [-0.3, -0.25) is 4.68 Å². The fourth-order valence-electron chi connectivity index (χ4n) is 1.61. The molecule has 0 radical (unpaired) electrons. The predicted molar refractivity (Wildman–Crippen MR) is 57.1 cm³/mol. The lowest BCUT2D eigenvalue weighted by molar-refractivity contribution is -0.141. The van der Waals surface area contributed by atoms with Crippen LogP contribution < -0.4 is 0 Å². The minimum absolute atomic E-state index is 0.189. The van der Waals surface area contributed by atoms with Crippen molar-refractivity contribution in [3.05, 3.63) is 30.0 Å². The van der Waals surface area contributed by atoms with Gasteiger partial charge < -0.3 is 4.74 Å². The Morgan fingerprint density at radius 1 is 1.44 bits per heavy atom. The van der Waals surface area contributed by atoms with E-state index in [1.165, 1.54) is 31.5 Å². The van der Waals surface area contributed by atoms with Crippen LogP contribution in [0.15, 0.2) is 24.4 Å². The molecule has 0 aliphatic heterocycles. The van der Waals surface area contributed by atoms with Crippen LogP contribution in [0.2, 0.25) is 0 Å². The molecule has 0 saturated carbocycles. The van der Waals surface area contributed by atoms with Crippen LogP contribution in [-0.4, -0.2) is 29.0 Å². The molecular formula is C11H9F3N2O2. The Morgan fingerprint density at radius 3 is 2.78 bits per heavy atom. The summed E-state index contributed by atoms with van der Waals surface area (Å²) < 4.78 is 42.3. The zero-order valence-electron chi connectivity index (χ0n) is 9.36. The number of rotatable bonds is 2. The highest BCUT2D eigenvalue weighted by molar-refractivity contribution is 5.94. The number of carbonyl (C=O) groups is 1. The maximum Gasteiger partial charge on any atom is 0.408 e. The maximum absolute atomic E-state index is 12.3.